The second-order valence-corrected chi connectivity index (χ2v) is 9.10. The molecule has 0 aliphatic heterocycles. The van der Waals surface area contributed by atoms with Crippen LogP contribution in [0.4, 0.5) is 5.69 Å². The molecule has 0 unspecified atom stereocenters. The van der Waals surface area contributed by atoms with Gasteiger partial charge in [0.1, 0.15) is 0 Å². The van der Waals surface area contributed by atoms with E-state index in [0.717, 1.165) is 22.3 Å². The summed E-state index contributed by atoms with van der Waals surface area (Å²) in [4.78, 5) is 0.272. The number of aryl methyl sites for hydroxylation is 3. The Morgan fingerprint density at radius 3 is 2.04 bits per heavy atom. The van der Waals surface area contributed by atoms with Crippen molar-refractivity contribution in [3.8, 4) is 0 Å². The van der Waals surface area contributed by atoms with E-state index in [1.807, 2.05) is 63.2 Å². The lowest BCUT2D eigenvalue weighted by atomic mass is 10.1. The van der Waals surface area contributed by atoms with E-state index < -0.39 is 10.0 Å². The zero-order valence-electron chi connectivity index (χ0n) is 15.6. The molecule has 3 nitrogen and oxygen atoms in total. The van der Waals surface area contributed by atoms with Gasteiger partial charge in [-0.1, -0.05) is 47.5 Å². The molecule has 0 radical (unpaired) electrons. The van der Waals surface area contributed by atoms with Crippen molar-refractivity contribution in [2.45, 2.75) is 32.2 Å². The first kappa shape index (κ1) is 19.5. The number of rotatable bonds is 5. The van der Waals surface area contributed by atoms with Crippen LogP contribution in [-0.4, -0.2) is 8.42 Å². The first-order valence-electron chi connectivity index (χ1n) is 8.68. The van der Waals surface area contributed by atoms with Crippen LogP contribution in [0.5, 0.6) is 0 Å². The van der Waals surface area contributed by atoms with E-state index in [2.05, 4.69) is 0 Å². The van der Waals surface area contributed by atoms with Gasteiger partial charge in [0, 0.05) is 5.02 Å². The Labute approximate surface area is 166 Å². The maximum absolute atomic E-state index is 13.4. The molecule has 5 heteroatoms. The smallest absolute Gasteiger partial charge is 0.262 e. The predicted octanol–water partition coefficient (Wildman–Crippen LogP) is 5.66. The van der Waals surface area contributed by atoms with E-state index in [1.165, 1.54) is 4.31 Å². The Morgan fingerprint density at radius 2 is 1.44 bits per heavy atom. The zero-order valence-corrected chi connectivity index (χ0v) is 17.2. The summed E-state index contributed by atoms with van der Waals surface area (Å²) in [7, 11) is -3.73. The van der Waals surface area contributed by atoms with Crippen molar-refractivity contribution >= 4 is 27.3 Å². The third kappa shape index (κ3) is 4.52. The van der Waals surface area contributed by atoms with Crippen molar-refractivity contribution in [1.29, 1.82) is 0 Å². The van der Waals surface area contributed by atoms with Gasteiger partial charge < -0.3 is 0 Å². The minimum atomic E-state index is -3.73. The van der Waals surface area contributed by atoms with Gasteiger partial charge in [0.2, 0.25) is 0 Å². The molecule has 0 saturated carbocycles. The molecule has 3 aromatic rings. The molecule has 0 N–H and O–H groups in total. The molecule has 0 saturated heterocycles. The van der Waals surface area contributed by atoms with Gasteiger partial charge in [-0.25, -0.2) is 8.42 Å². The summed E-state index contributed by atoms with van der Waals surface area (Å²) in [6, 6.07) is 20.0. The molecule has 0 aromatic heterocycles. The predicted molar refractivity (Wildman–Crippen MR) is 112 cm³/mol. The molecular weight excluding hydrogens is 378 g/mol. The fourth-order valence-electron chi connectivity index (χ4n) is 3.05. The van der Waals surface area contributed by atoms with Gasteiger partial charge in [-0.2, -0.15) is 0 Å². The summed E-state index contributed by atoms with van der Waals surface area (Å²) in [5.41, 5.74) is 4.52. The van der Waals surface area contributed by atoms with Gasteiger partial charge in [0.25, 0.3) is 10.0 Å². The summed E-state index contributed by atoms with van der Waals surface area (Å²) >= 11 is 6.11. The molecule has 0 amide bonds. The van der Waals surface area contributed by atoms with E-state index in [1.54, 1.807) is 24.3 Å². The average molecular weight is 400 g/mol. The van der Waals surface area contributed by atoms with Crippen molar-refractivity contribution in [2.24, 2.45) is 0 Å². The first-order valence-corrected chi connectivity index (χ1v) is 10.5. The van der Waals surface area contributed by atoms with E-state index in [0.29, 0.717) is 10.7 Å². The van der Waals surface area contributed by atoms with Crippen molar-refractivity contribution < 1.29 is 8.42 Å². The highest BCUT2D eigenvalue weighted by atomic mass is 35.5. The highest BCUT2D eigenvalue weighted by molar-refractivity contribution is 7.92. The molecule has 0 heterocycles. The number of halogens is 1. The Morgan fingerprint density at radius 1 is 0.815 bits per heavy atom. The monoisotopic (exact) mass is 399 g/mol. The van der Waals surface area contributed by atoms with Crippen LogP contribution in [0.1, 0.15) is 22.3 Å². The third-order valence-corrected chi connectivity index (χ3v) is 6.34. The van der Waals surface area contributed by atoms with E-state index in [4.69, 9.17) is 11.6 Å². The van der Waals surface area contributed by atoms with Gasteiger partial charge in [0.15, 0.2) is 0 Å². The van der Waals surface area contributed by atoms with E-state index >= 15 is 0 Å². The maximum Gasteiger partial charge on any atom is 0.264 e. The minimum Gasteiger partial charge on any atom is -0.262 e. The van der Waals surface area contributed by atoms with Crippen molar-refractivity contribution in [3.63, 3.8) is 0 Å². The van der Waals surface area contributed by atoms with Gasteiger partial charge >= 0.3 is 0 Å². The van der Waals surface area contributed by atoms with Gasteiger partial charge in [0.05, 0.1) is 17.1 Å². The number of hydrogen-bond donors (Lipinski definition) is 0. The maximum atomic E-state index is 13.4. The number of benzene rings is 3. The Kier molecular flexibility index (Phi) is 5.59. The summed E-state index contributed by atoms with van der Waals surface area (Å²) in [5, 5.41) is 0.584. The molecule has 140 valence electrons. The molecule has 0 atom stereocenters. The first-order chi connectivity index (χ1) is 12.8. The third-order valence-electron chi connectivity index (χ3n) is 4.32. The topological polar surface area (TPSA) is 37.4 Å². The van der Waals surface area contributed by atoms with Crippen molar-refractivity contribution in [2.75, 3.05) is 4.31 Å². The standard InChI is InChI=1S/C22H22ClNO2S/c1-16-7-9-22(10-8-16)27(25,26)24(15-19-5-4-6-20(23)14-19)21-12-17(2)11-18(3)13-21/h4-14H,15H2,1-3H3. The molecule has 0 aliphatic carbocycles. The minimum absolute atomic E-state index is 0.208. The number of sulfonamides is 1. The highest BCUT2D eigenvalue weighted by Crippen LogP contribution is 2.28. The Hall–Kier alpha value is -2.30. The van der Waals surface area contributed by atoms with Crippen LogP contribution in [0, 0.1) is 20.8 Å². The Balaban J connectivity index is 2.12. The largest absolute Gasteiger partial charge is 0.264 e. The van der Waals surface area contributed by atoms with Gasteiger partial charge in [-0.15, -0.1) is 0 Å². The number of anilines is 1. The van der Waals surface area contributed by atoms with Crippen LogP contribution in [0.25, 0.3) is 0 Å². The van der Waals surface area contributed by atoms with Crippen LogP contribution in [0.3, 0.4) is 0 Å². The average Bonchev–Trinajstić information content (AvgIpc) is 2.59. The van der Waals surface area contributed by atoms with Crippen molar-refractivity contribution in [1.82, 2.24) is 0 Å². The lowest BCUT2D eigenvalue weighted by molar-refractivity contribution is 0.590. The zero-order chi connectivity index (χ0) is 19.6. The Bertz CT molecular complexity index is 1040. The molecular formula is C22H22ClNO2S. The van der Waals surface area contributed by atoms with Crippen LogP contribution < -0.4 is 4.31 Å². The fourth-order valence-corrected chi connectivity index (χ4v) is 4.70. The molecule has 0 spiro atoms. The molecule has 3 aromatic carbocycles. The lowest BCUT2D eigenvalue weighted by Gasteiger charge is -2.25. The molecule has 0 aliphatic rings. The summed E-state index contributed by atoms with van der Waals surface area (Å²) in [5.74, 6) is 0. The van der Waals surface area contributed by atoms with Crippen LogP contribution in [-0.2, 0) is 16.6 Å². The second kappa shape index (κ2) is 7.75. The van der Waals surface area contributed by atoms with Crippen LogP contribution in [0.2, 0.25) is 5.02 Å². The van der Waals surface area contributed by atoms with Crippen molar-refractivity contribution in [3.05, 3.63) is 94.0 Å². The highest BCUT2D eigenvalue weighted by Gasteiger charge is 2.25. The number of hydrogen-bond acceptors (Lipinski definition) is 2. The second-order valence-electron chi connectivity index (χ2n) is 6.80. The van der Waals surface area contributed by atoms with Gasteiger partial charge in [-0.05, 0) is 73.9 Å². The molecule has 0 fully saturated rings. The molecule has 0 bridgehead atoms. The lowest BCUT2D eigenvalue weighted by Crippen LogP contribution is -2.30. The SMILES string of the molecule is Cc1ccc(S(=O)(=O)N(Cc2cccc(Cl)c2)c2cc(C)cc(C)c2)cc1. The quantitative estimate of drug-likeness (QED) is 0.555. The molecule has 3 rings (SSSR count). The summed E-state index contributed by atoms with van der Waals surface area (Å²) < 4.78 is 28.3. The fraction of sp³-hybridized carbons (Fsp3) is 0.182. The van der Waals surface area contributed by atoms with Gasteiger partial charge in [-0.3, -0.25) is 4.31 Å². The van der Waals surface area contributed by atoms with Crippen LogP contribution >= 0.6 is 11.6 Å². The normalized spacial score (nSPS) is 11.4. The van der Waals surface area contributed by atoms with E-state index in [9.17, 15) is 8.42 Å². The summed E-state index contributed by atoms with van der Waals surface area (Å²) in [6.07, 6.45) is 0. The summed E-state index contributed by atoms with van der Waals surface area (Å²) in [6.45, 7) is 6.07. The number of nitrogens with zero attached hydrogens (tertiary/aromatic N) is 1. The van der Waals surface area contributed by atoms with E-state index in [-0.39, 0.29) is 11.4 Å². The van der Waals surface area contributed by atoms with Crippen LogP contribution in [0.15, 0.2) is 71.6 Å². The molecule has 27 heavy (non-hydrogen) atoms.